The predicted molar refractivity (Wildman–Crippen MR) is 47.5 cm³/mol. The van der Waals surface area contributed by atoms with Gasteiger partial charge in [-0.05, 0) is 12.8 Å². The zero-order valence-corrected chi connectivity index (χ0v) is 7.87. The van der Waals surface area contributed by atoms with Crippen LogP contribution in [0.25, 0.3) is 0 Å². The van der Waals surface area contributed by atoms with Crippen LogP contribution in [-0.4, -0.2) is 37.9 Å². The first-order valence-electron chi connectivity index (χ1n) is 4.28. The standard InChI is InChI=1S/C8H15ClFNO/c9-7-8(11-4-3-10)1-5-12-6-2-8/h11H,1-7H2. The third kappa shape index (κ3) is 2.57. The Balaban J connectivity index is 2.37. The molecule has 1 aliphatic rings. The molecule has 0 aromatic rings. The number of alkyl halides is 2. The van der Waals surface area contributed by atoms with E-state index in [1.807, 2.05) is 0 Å². The highest BCUT2D eigenvalue weighted by Gasteiger charge is 2.30. The van der Waals surface area contributed by atoms with Gasteiger partial charge in [0, 0.05) is 31.2 Å². The number of nitrogens with one attached hydrogen (secondary N) is 1. The van der Waals surface area contributed by atoms with E-state index in [9.17, 15) is 4.39 Å². The molecule has 0 unspecified atom stereocenters. The van der Waals surface area contributed by atoms with Crippen LogP contribution in [-0.2, 0) is 4.74 Å². The number of halogens is 2. The van der Waals surface area contributed by atoms with Crippen LogP contribution in [0, 0.1) is 0 Å². The van der Waals surface area contributed by atoms with E-state index in [1.54, 1.807) is 0 Å². The molecule has 0 amide bonds. The fourth-order valence-corrected chi connectivity index (χ4v) is 1.79. The molecule has 12 heavy (non-hydrogen) atoms. The number of hydrogen-bond acceptors (Lipinski definition) is 2. The van der Waals surface area contributed by atoms with Gasteiger partial charge in [0.25, 0.3) is 0 Å². The summed E-state index contributed by atoms with van der Waals surface area (Å²) in [6, 6.07) is 0. The van der Waals surface area contributed by atoms with Crippen molar-refractivity contribution < 1.29 is 9.13 Å². The van der Waals surface area contributed by atoms with Gasteiger partial charge in [0.1, 0.15) is 6.67 Å². The van der Waals surface area contributed by atoms with Gasteiger partial charge < -0.3 is 10.1 Å². The second-order valence-corrected chi connectivity index (χ2v) is 3.41. The number of ether oxygens (including phenoxy) is 1. The van der Waals surface area contributed by atoms with Crippen LogP contribution in [0.3, 0.4) is 0 Å². The normalized spacial score (nSPS) is 22.5. The van der Waals surface area contributed by atoms with Gasteiger partial charge in [0.05, 0.1) is 0 Å². The molecular formula is C8H15ClFNO. The minimum Gasteiger partial charge on any atom is -0.381 e. The van der Waals surface area contributed by atoms with E-state index in [1.165, 1.54) is 0 Å². The molecule has 0 atom stereocenters. The van der Waals surface area contributed by atoms with Gasteiger partial charge in [-0.1, -0.05) is 0 Å². The van der Waals surface area contributed by atoms with Crippen LogP contribution < -0.4 is 5.32 Å². The topological polar surface area (TPSA) is 21.3 Å². The lowest BCUT2D eigenvalue weighted by Crippen LogP contribution is -2.51. The Hall–Kier alpha value is 0.140. The van der Waals surface area contributed by atoms with Crippen LogP contribution in [0.2, 0.25) is 0 Å². The van der Waals surface area contributed by atoms with Crippen LogP contribution in [0.15, 0.2) is 0 Å². The van der Waals surface area contributed by atoms with Crippen molar-refractivity contribution in [3.63, 3.8) is 0 Å². The maximum absolute atomic E-state index is 11.9. The molecule has 0 aromatic heterocycles. The molecule has 1 heterocycles. The molecule has 0 radical (unpaired) electrons. The summed E-state index contributed by atoms with van der Waals surface area (Å²) >= 11 is 5.83. The van der Waals surface area contributed by atoms with Crippen molar-refractivity contribution >= 4 is 11.6 Å². The number of hydrogen-bond donors (Lipinski definition) is 1. The van der Waals surface area contributed by atoms with Crippen molar-refractivity contribution in [3.05, 3.63) is 0 Å². The summed E-state index contributed by atoms with van der Waals surface area (Å²) in [4.78, 5) is 0. The maximum atomic E-state index is 11.9. The quantitative estimate of drug-likeness (QED) is 0.684. The van der Waals surface area contributed by atoms with Crippen LogP contribution in [0.5, 0.6) is 0 Å². The van der Waals surface area contributed by atoms with Crippen molar-refractivity contribution in [2.75, 3.05) is 32.3 Å². The number of rotatable bonds is 4. The van der Waals surface area contributed by atoms with Crippen LogP contribution in [0.1, 0.15) is 12.8 Å². The molecule has 0 bridgehead atoms. The summed E-state index contributed by atoms with van der Waals surface area (Å²) in [6.07, 6.45) is 1.77. The summed E-state index contributed by atoms with van der Waals surface area (Å²) < 4.78 is 17.1. The molecule has 0 aliphatic carbocycles. The molecule has 72 valence electrons. The van der Waals surface area contributed by atoms with Crippen molar-refractivity contribution in [1.82, 2.24) is 5.32 Å². The Kier molecular flexibility index (Phi) is 4.26. The van der Waals surface area contributed by atoms with Gasteiger partial charge in [0.2, 0.25) is 0 Å². The SMILES string of the molecule is FCCNC1(CCl)CCOCC1. The Labute approximate surface area is 77.4 Å². The summed E-state index contributed by atoms with van der Waals surface area (Å²) in [5.41, 5.74) is -0.0775. The van der Waals surface area contributed by atoms with Crippen LogP contribution >= 0.6 is 11.6 Å². The van der Waals surface area contributed by atoms with Crippen molar-refractivity contribution in [3.8, 4) is 0 Å². The minimum absolute atomic E-state index is 0.0775. The lowest BCUT2D eigenvalue weighted by Gasteiger charge is -2.36. The molecule has 1 saturated heterocycles. The fourth-order valence-electron chi connectivity index (χ4n) is 1.43. The van der Waals surface area contributed by atoms with E-state index in [2.05, 4.69) is 5.32 Å². The molecule has 4 heteroatoms. The van der Waals surface area contributed by atoms with E-state index in [4.69, 9.17) is 16.3 Å². The van der Waals surface area contributed by atoms with Crippen molar-refractivity contribution in [1.29, 1.82) is 0 Å². The highest BCUT2D eigenvalue weighted by molar-refractivity contribution is 6.18. The van der Waals surface area contributed by atoms with Gasteiger partial charge in [-0.2, -0.15) is 0 Å². The van der Waals surface area contributed by atoms with Crippen molar-refractivity contribution in [2.45, 2.75) is 18.4 Å². The molecule has 0 aromatic carbocycles. The minimum atomic E-state index is -0.334. The summed E-state index contributed by atoms with van der Waals surface area (Å²) in [5, 5.41) is 3.15. The first-order valence-corrected chi connectivity index (χ1v) is 4.81. The second-order valence-electron chi connectivity index (χ2n) is 3.14. The Morgan fingerprint density at radius 3 is 2.58 bits per heavy atom. The Morgan fingerprint density at radius 2 is 2.08 bits per heavy atom. The van der Waals surface area contributed by atoms with E-state index in [-0.39, 0.29) is 12.2 Å². The highest BCUT2D eigenvalue weighted by Crippen LogP contribution is 2.21. The van der Waals surface area contributed by atoms with E-state index < -0.39 is 0 Å². The monoisotopic (exact) mass is 195 g/mol. The van der Waals surface area contributed by atoms with Crippen LogP contribution in [0.4, 0.5) is 4.39 Å². The third-order valence-electron chi connectivity index (χ3n) is 2.30. The highest BCUT2D eigenvalue weighted by atomic mass is 35.5. The Morgan fingerprint density at radius 1 is 1.42 bits per heavy atom. The fraction of sp³-hybridized carbons (Fsp3) is 1.00. The molecule has 0 saturated carbocycles. The summed E-state index contributed by atoms with van der Waals surface area (Å²) in [6.45, 7) is 1.52. The van der Waals surface area contributed by atoms with Gasteiger partial charge in [-0.3, -0.25) is 0 Å². The molecular weight excluding hydrogens is 181 g/mol. The molecule has 0 spiro atoms. The van der Waals surface area contributed by atoms with Gasteiger partial charge in [-0.15, -0.1) is 11.6 Å². The third-order valence-corrected chi connectivity index (χ3v) is 2.81. The van der Waals surface area contributed by atoms with E-state index in [0.717, 1.165) is 26.1 Å². The molecule has 1 aliphatic heterocycles. The zero-order chi connectivity index (χ0) is 8.86. The first-order chi connectivity index (χ1) is 5.83. The average molecular weight is 196 g/mol. The predicted octanol–water partition coefficient (Wildman–Crippen LogP) is 1.33. The molecule has 2 nitrogen and oxygen atoms in total. The van der Waals surface area contributed by atoms with E-state index >= 15 is 0 Å². The molecule has 1 rings (SSSR count). The molecule has 1 N–H and O–H groups in total. The largest absolute Gasteiger partial charge is 0.381 e. The smallest absolute Gasteiger partial charge is 0.102 e. The van der Waals surface area contributed by atoms with Gasteiger partial charge in [-0.25, -0.2) is 4.39 Å². The maximum Gasteiger partial charge on any atom is 0.102 e. The zero-order valence-electron chi connectivity index (χ0n) is 7.11. The second kappa shape index (κ2) is 5.00. The summed E-state index contributed by atoms with van der Waals surface area (Å²) in [5.74, 6) is 0.538. The first kappa shape index (κ1) is 10.2. The average Bonchev–Trinajstić information content (AvgIpc) is 2.16. The van der Waals surface area contributed by atoms with Crippen molar-refractivity contribution in [2.24, 2.45) is 0 Å². The lowest BCUT2D eigenvalue weighted by atomic mass is 9.92. The Bertz CT molecular complexity index is 128. The lowest BCUT2D eigenvalue weighted by molar-refractivity contribution is 0.0461. The molecule has 1 fully saturated rings. The van der Waals surface area contributed by atoms with E-state index in [0.29, 0.717) is 12.4 Å². The summed E-state index contributed by atoms with van der Waals surface area (Å²) in [7, 11) is 0. The van der Waals surface area contributed by atoms with Gasteiger partial charge in [0.15, 0.2) is 0 Å². The van der Waals surface area contributed by atoms with Gasteiger partial charge >= 0.3 is 0 Å².